The van der Waals surface area contributed by atoms with Gasteiger partial charge in [0, 0.05) is 16.1 Å². The van der Waals surface area contributed by atoms with Crippen molar-refractivity contribution in [3.8, 4) is 0 Å². The molecule has 6 rings (SSSR count). The Hall–Kier alpha value is -5.58. The Kier molecular flexibility index (Phi) is 9.81. The van der Waals surface area contributed by atoms with E-state index in [1.807, 2.05) is 97.9 Å². The topological polar surface area (TPSA) is 113 Å². The zero-order valence-corrected chi connectivity index (χ0v) is 26.8. The summed E-state index contributed by atoms with van der Waals surface area (Å²) in [6.07, 6.45) is 1.69. The lowest BCUT2D eigenvalue weighted by molar-refractivity contribution is -0.116. The normalized spacial score (nSPS) is 11.9. The summed E-state index contributed by atoms with van der Waals surface area (Å²) in [5.41, 5.74) is 2.69. The summed E-state index contributed by atoms with van der Waals surface area (Å²) >= 11 is 2.70. The van der Waals surface area contributed by atoms with Crippen LogP contribution in [0.25, 0.3) is 16.8 Å². The monoisotopic (exact) mass is 655 g/mol. The average Bonchev–Trinajstić information content (AvgIpc) is 3.52. The van der Waals surface area contributed by atoms with Crippen LogP contribution in [0.1, 0.15) is 31.7 Å². The highest BCUT2D eigenvalue weighted by atomic mass is 32.2. The lowest BCUT2D eigenvalue weighted by atomic mass is 10.0. The van der Waals surface area contributed by atoms with Crippen LogP contribution >= 0.6 is 23.1 Å². The van der Waals surface area contributed by atoms with Crippen molar-refractivity contribution in [2.75, 3.05) is 10.6 Å². The summed E-state index contributed by atoms with van der Waals surface area (Å²) < 4.78 is 0. The highest BCUT2D eigenvalue weighted by Gasteiger charge is 2.23. The van der Waals surface area contributed by atoms with E-state index in [-0.39, 0.29) is 11.6 Å². The van der Waals surface area contributed by atoms with Crippen LogP contribution in [0.4, 0.5) is 10.8 Å². The molecule has 1 atom stereocenters. The van der Waals surface area contributed by atoms with Gasteiger partial charge in [-0.25, -0.2) is 0 Å². The number of carbonyl (C=O) groups is 3. The maximum atomic E-state index is 13.7. The van der Waals surface area contributed by atoms with Gasteiger partial charge < -0.3 is 10.6 Å². The molecule has 1 aromatic heterocycles. The lowest BCUT2D eigenvalue weighted by Gasteiger charge is -2.16. The molecule has 0 aliphatic heterocycles. The zero-order valence-electron chi connectivity index (χ0n) is 25.2. The van der Waals surface area contributed by atoms with Gasteiger partial charge in [-0.05, 0) is 71.3 Å². The molecule has 6 aromatic rings. The third-order valence-corrected chi connectivity index (χ3v) is 9.14. The van der Waals surface area contributed by atoms with E-state index < -0.39 is 17.1 Å². The first-order valence-electron chi connectivity index (χ1n) is 14.7. The fourth-order valence-corrected chi connectivity index (χ4v) is 6.46. The van der Waals surface area contributed by atoms with Crippen molar-refractivity contribution in [3.63, 3.8) is 0 Å². The number of amides is 3. The predicted molar refractivity (Wildman–Crippen MR) is 189 cm³/mol. The molecule has 0 fully saturated rings. The summed E-state index contributed by atoms with van der Waals surface area (Å²) in [5.74, 6) is -1.09. The Bertz CT molecular complexity index is 2060. The van der Waals surface area contributed by atoms with Crippen LogP contribution in [0.5, 0.6) is 0 Å². The molecule has 0 spiro atoms. The number of nitrogens with zero attached hydrogens (tertiary/aromatic N) is 2. The fraction of sp³-hybridized carbons (Fsp3) is 0.0541. The molecular weight excluding hydrogens is 627 g/mol. The van der Waals surface area contributed by atoms with Gasteiger partial charge in [-0.1, -0.05) is 102 Å². The first-order chi connectivity index (χ1) is 22.9. The predicted octanol–water partition coefficient (Wildman–Crippen LogP) is 7.88. The number of fused-ring (bicyclic) bond motifs is 1. The van der Waals surface area contributed by atoms with Crippen LogP contribution in [-0.4, -0.2) is 27.9 Å². The quantitative estimate of drug-likeness (QED) is 0.102. The number of thioether (sulfide) groups is 1. The van der Waals surface area contributed by atoms with E-state index >= 15 is 0 Å². The molecule has 47 heavy (non-hydrogen) atoms. The number of aryl methyl sites for hydroxylation is 1. The number of nitrogens with one attached hydrogen (secondary N) is 3. The van der Waals surface area contributed by atoms with Crippen LogP contribution in [0.2, 0.25) is 0 Å². The smallest absolute Gasteiger partial charge is 0.272 e. The average molecular weight is 656 g/mol. The van der Waals surface area contributed by atoms with Gasteiger partial charge in [-0.3, -0.25) is 19.7 Å². The Morgan fingerprint density at radius 1 is 0.745 bits per heavy atom. The molecule has 3 amide bonds. The Morgan fingerprint density at radius 3 is 2.15 bits per heavy atom. The van der Waals surface area contributed by atoms with E-state index in [1.165, 1.54) is 23.1 Å². The van der Waals surface area contributed by atoms with Crippen molar-refractivity contribution >= 4 is 68.5 Å². The standard InChI is InChI=1S/C37H29N5O3S2/c1-24-41-42-37(46-24)40-36(45)33(26-12-4-2-5-13-26)47-30-21-19-29(20-22-30)38-35(44)32(39-34(43)27-14-6-3-7-15-27)23-28-17-10-16-25-11-8-9-18-31(25)28/h2-23,33H,1H3,(H,38,44)(H,39,43)(H,40,42,45)/b32-23-. The van der Waals surface area contributed by atoms with Gasteiger partial charge in [0.25, 0.3) is 11.8 Å². The van der Waals surface area contributed by atoms with Crippen molar-refractivity contribution in [1.29, 1.82) is 0 Å². The van der Waals surface area contributed by atoms with Crippen molar-refractivity contribution < 1.29 is 14.4 Å². The van der Waals surface area contributed by atoms with Crippen molar-refractivity contribution in [2.45, 2.75) is 17.1 Å². The van der Waals surface area contributed by atoms with Gasteiger partial charge in [0.1, 0.15) is 16.0 Å². The summed E-state index contributed by atoms with van der Waals surface area (Å²) in [6.45, 7) is 1.83. The molecule has 0 saturated heterocycles. The Morgan fingerprint density at radius 2 is 1.43 bits per heavy atom. The molecular formula is C37H29N5O3S2. The second-order valence-electron chi connectivity index (χ2n) is 10.4. The third-order valence-electron chi connectivity index (χ3n) is 7.11. The van der Waals surface area contributed by atoms with Crippen LogP contribution < -0.4 is 16.0 Å². The minimum Gasteiger partial charge on any atom is -0.321 e. The number of hydrogen-bond donors (Lipinski definition) is 3. The van der Waals surface area contributed by atoms with Crippen LogP contribution in [0, 0.1) is 6.92 Å². The number of carbonyl (C=O) groups excluding carboxylic acids is 3. The lowest BCUT2D eigenvalue weighted by Crippen LogP contribution is -2.30. The largest absolute Gasteiger partial charge is 0.321 e. The molecule has 1 heterocycles. The molecule has 0 bridgehead atoms. The highest BCUT2D eigenvalue weighted by molar-refractivity contribution is 8.00. The van der Waals surface area contributed by atoms with Crippen LogP contribution in [-0.2, 0) is 9.59 Å². The van der Waals surface area contributed by atoms with E-state index in [2.05, 4.69) is 26.1 Å². The van der Waals surface area contributed by atoms with Crippen molar-refractivity contribution in [2.24, 2.45) is 0 Å². The van der Waals surface area contributed by atoms with Crippen molar-refractivity contribution in [1.82, 2.24) is 15.5 Å². The zero-order chi connectivity index (χ0) is 32.6. The Labute approximate surface area is 280 Å². The van der Waals surface area contributed by atoms with Gasteiger partial charge in [0.2, 0.25) is 11.0 Å². The van der Waals surface area contributed by atoms with Crippen LogP contribution in [0.3, 0.4) is 0 Å². The SMILES string of the molecule is Cc1nnc(NC(=O)C(Sc2ccc(NC(=O)/C(=C/c3cccc4ccccc34)NC(=O)c3ccccc3)cc2)c2ccccc2)s1. The maximum absolute atomic E-state index is 13.7. The molecule has 0 aliphatic carbocycles. The van der Waals surface area contributed by atoms with E-state index in [0.29, 0.717) is 16.4 Å². The first-order valence-corrected chi connectivity index (χ1v) is 16.4. The molecule has 0 aliphatic rings. The summed E-state index contributed by atoms with van der Waals surface area (Å²) in [6, 6.07) is 39.1. The van der Waals surface area contributed by atoms with Crippen molar-refractivity contribution in [3.05, 3.63) is 155 Å². The van der Waals surface area contributed by atoms with E-state index in [9.17, 15) is 14.4 Å². The first kappa shape index (κ1) is 31.4. The van der Waals surface area contributed by atoms with Gasteiger partial charge in [0.15, 0.2) is 0 Å². The van der Waals surface area contributed by atoms with E-state index in [1.54, 1.807) is 42.5 Å². The van der Waals surface area contributed by atoms with Crippen LogP contribution in [0.15, 0.2) is 138 Å². The van der Waals surface area contributed by atoms with Gasteiger partial charge in [-0.15, -0.1) is 22.0 Å². The second-order valence-corrected chi connectivity index (χ2v) is 12.8. The molecule has 10 heteroatoms. The number of rotatable bonds is 10. The number of aromatic nitrogens is 2. The number of benzene rings is 5. The van der Waals surface area contributed by atoms with E-state index in [0.717, 1.165) is 31.8 Å². The summed E-state index contributed by atoms with van der Waals surface area (Å²) in [5, 5.41) is 19.2. The van der Waals surface area contributed by atoms with Gasteiger partial charge >= 0.3 is 0 Å². The molecule has 8 nitrogen and oxygen atoms in total. The second kappa shape index (κ2) is 14.7. The fourth-order valence-electron chi connectivity index (χ4n) is 4.84. The molecule has 232 valence electrons. The molecule has 0 saturated carbocycles. The highest BCUT2D eigenvalue weighted by Crippen LogP contribution is 2.37. The number of anilines is 2. The Balaban J connectivity index is 1.22. The van der Waals surface area contributed by atoms with Gasteiger partial charge in [-0.2, -0.15) is 0 Å². The summed E-state index contributed by atoms with van der Waals surface area (Å²) in [7, 11) is 0. The molecule has 5 aromatic carbocycles. The molecule has 3 N–H and O–H groups in total. The minimum absolute atomic E-state index is 0.0985. The van der Waals surface area contributed by atoms with E-state index in [4.69, 9.17) is 0 Å². The minimum atomic E-state index is -0.552. The molecule has 0 radical (unpaired) electrons. The molecule has 1 unspecified atom stereocenters. The summed E-state index contributed by atoms with van der Waals surface area (Å²) in [4.78, 5) is 41.0. The van der Waals surface area contributed by atoms with Gasteiger partial charge in [0.05, 0.1) is 0 Å². The third kappa shape index (κ3) is 7.99. The maximum Gasteiger partial charge on any atom is 0.272 e. The number of hydrogen-bond acceptors (Lipinski definition) is 7.